The molecule has 0 bridgehead atoms. The molecule has 7 nitrogen and oxygen atoms in total. The fraction of sp³-hybridized carbons (Fsp3) is 0.458. The van der Waals surface area contributed by atoms with Crippen LogP contribution in [0.25, 0.3) is 21.3 Å². The molecule has 1 aliphatic heterocycles. The molecule has 1 aliphatic rings. The molecule has 1 aromatic carbocycles. The Morgan fingerprint density at radius 3 is 2.75 bits per heavy atom. The van der Waals surface area contributed by atoms with Gasteiger partial charge in [-0.05, 0) is 18.4 Å². The molecule has 0 saturated carbocycles. The number of rotatable bonds is 10. The molecule has 1 fully saturated rings. The first-order chi connectivity index (χ1) is 15.7. The number of nitrogens with one attached hydrogen (secondary N) is 1. The third-order valence-electron chi connectivity index (χ3n) is 5.61. The van der Waals surface area contributed by atoms with E-state index in [1.807, 2.05) is 6.07 Å². The normalized spacial score (nSPS) is 14.5. The Morgan fingerprint density at radius 1 is 1.16 bits per heavy atom. The van der Waals surface area contributed by atoms with Crippen molar-refractivity contribution in [1.29, 1.82) is 0 Å². The molecule has 32 heavy (non-hydrogen) atoms. The van der Waals surface area contributed by atoms with E-state index in [2.05, 4.69) is 39.9 Å². The number of fused-ring (bicyclic) bond motifs is 1. The number of esters is 1. The zero-order valence-corrected chi connectivity index (χ0v) is 19.3. The lowest BCUT2D eigenvalue weighted by molar-refractivity contribution is -0.140. The Bertz CT molecular complexity index is 1020. The summed E-state index contributed by atoms with van der Waals surface area (Å²) >= 11 is 1.67. The number of methoxy groups -OCH3 is 1. The fourth-order valence-corrected chi connectivity index (χ4v) is 4.82. The highest BCUT2D eigenvalue weighted by molar-refractivity contribution is 7.17. The molecule has 0 radical (unpaired) electrons. The van der Waals surface area contributed by atoms with Crippen LogP contribution in [0.4, 0.5) is 5.82 Å². The number of carbonyl (C=O) groups excluding carboxylic acids is 1. The topological polar surface area (TPSA) is 76.6 Å². The Balaban J connectivity index is 1.52. The van der Waals surface area contributed by atoms with Crippen molar-refractivity contribution in [3.63, 3.8) is 0 Å². The summed E-state index contributed by atoms with van der Waals surface area (Å²) < 4.78 is 10.2. The van der Waals surface area contributed by atoms with Gasteiger partial charge in [0.25, 0.3) is 0 Å². The van der Waals surface area contributed by atoms with Gasteiger partial charge in [0.05, 0.1) is 32.3 Å². The van der Waals surface area contributed by atoms with E-state index in [0.717, 1.165) is 86.1 Å². The number of thiophene rings is 1. The number of aromatic nitrogens is 2. The van der Waals surface area contributed by atoms with Crippen LogP contribution in [0, 0.1) is 0 Å². The molecule has 1 saturated heterocycles. The molecule has 0 atom stereocenters. The molecule has 170 valence electrons. The molecular weight excluding hydrogens is 424 g/mol. The third-order valence-corrected chi connectivity index (χ3v) is 6.48. The lowest BCUT2D eigenvalue weighted by atomic mass is 10.1. The highest BCUT2D eigenvalue weighted by atomic mass is 32.1. The summed E-state index contributed by atoms with van der Waals surface area (Å²) in [5, 5.41) is 6.82. The van der Waals surface area contributed by atoms with Crippen molar-refractivity contribution in [3.8, 4) is 11.1 Å². The van der Waals surface area contributed by atoms with Crippen LogP contribution in [0.1, 0.15) is 31.5 Å². The number of hydrogen-bond donors (Lipinski definition) is 1. The summed E-state index contributed by atoms with van der Waals surface area (Å²) in [5.41, 5.74) is 2.33. The van der Waals surface area contributed by atoms with Gasteiger partial charge in [0.2, 0.25) is 0 Å². The first-order valence-electron chi connectivity index (χ1n) is 11.2. The van der Waals surface area contributed by atoms with Gasteiger partial charge in [-0.3, -0.25) is 9.69 Å². The van der Waals surface area contributed by atoms with E-state index in [1.165, 1.54) is 12.7 Å². The molecule has 3 heterocycles. The van der Waals surface area contributed by atoms with Crippen LogP contribution in [0.15, 0.2) is 35.7 Å². The molecule has 0 spiro atoms. The van der Waals surface area contributed by atoms with Crippen molar-refractivity contribution in [2.75, 3.05) is 45.3 Å². The predicted octanol–water partition coefficient (Wildman–Crippen LogP) is 4.34. The van der Waals surface area contributed by atoms with E-state index in [9.17, 15) is 4.79 Å². The number of benzene rings is 1. The second-order valence-electron chi connectivity index (χ2n) is 7.89. The maximum atomic E-state index is 11.3. The van der Waals surface area contributed by atoms with Gasteiger partial charge in [0.1, 0.15) is 16.5 Å². The number of carbonyl (C=O) groups is 1. The first-order valence-corrected chi connectivity index (χ1v) is 12.1. The molecule has 4 rings (SSSR count). The summed E-state index contributed by atoms with van der Waals surface area (Å²) in [6.45, 7) is 4.86. The average Bonchev–Trinajstić information content (AvgIpc) is 3.26. The minimum Gasteiger partial charge on any atom is -0.469 e. The van der Waals surface area contributed by atoms with Gasteiger partial charge in [-0.1, -0.05) is 36.8 Å². The van der Waals surface area contributed by atoms with Crippen molar-refractivity contribution in [2.45, 2.75) is 32.2 Å². The highest BCUT2D eigenvalue weighted by Crippen LogP contribution is 2.37. The van der Waals surface area contributed by atoms with Gasteiger partial charge in [-0.25, -0.2) is 9.97 Å². The number of morpholine rings is 1. The summed E-state index contributed by atoms with van der Waals surface area (Å²) in [7, 11) is 1.43. The first kappa shape index (κ1) is 22.6. The summed E-state index contributed by atoms with van der Waals surface area (Å²) in [5.74, 6) is 1.59. The van der Waals surface area contributed by atoms with Crippen molar-refractivity contribution in [1.82, 2.24) is 14.9 Å². The molecule has 2 aromatic heterocycles. The summed E-state index contributed by atoms with van der Waals surface area (Å²) in [6, 6.07) is 10.4. The number of hydrogen-bond acceptors (Lipinski definition) is 8. The van der Waals surface area contributed by atoms with Crippen LogP contribution in [-0.2, 0) is 20.8 Å². The van der Waals surface area contributed by atoms with Gasteiger partial charge in [-0.2, -0.15) is 0 Å². The number of nitrogens with zero attached hydrogens (tertiary/aromatic N) is 3. The summed E-state index contributed by atoms with van der Waals surface area (Å²) in [6.07, 6.45) is 3.24. The van der Waals surface area contributed by atoms with Gasteiger partial charge in [0, 0.05) is 37.0 Å². The number of anilines is 1. The van der Waals surface area contributed by atoms with Gasteiger partial charge < -0.3 is 14.8 Å². The minimum absolute atomic E-state index is 0.144. The number of ether oxygens (including phenoxy) is 2. The Hall–Kier alpha value is -2.55. The molecule has 0 amide bonds. The average molecular weight is 455 g/mol. The summed E-state index contributed by atoms with van der Waals surface area (Å²) in [4.78, 5) is 24.5. The van der Waals surface area contributed by atoms with Gasteiger partial charge in [-0.15, -0.1) is 11.3 Å². The zero-order valence-electron chi connectivity index (χ0n) is 18.5. The standard InChI is InChI=1S/C24H30N4O3S/c1-30-21(29)10-6-3-7-11-25-23-22-19(18-8-4-2-5-9-18)17-32-24(22)27-20(26-23)16-28-12-14-31-15-13-28/h2,4-5,8-9,17H,3,6-7,10-16H2,1H3,(H,25,26,27). The lowest BCUT2D eigenvalue weighted by Gasteiger charge is -2.25. The smallest absolute Gasteiger partial charge is 0.305 e. The van der Waals surface area contributed by atoms with E-state index in [0.29, 0.717) is 6.42 Å². The Morgan fingerprint density at radius 2 is 1.97 bits per heavy atom. The fourth-order valence-electron chi connectivity index (χ4n) is 3.85. The van der Waals surface area contributed by atoms with Crippen LogP contribution in [-0.4, -0.2) is 60.8 Å². The molecule has 3 aromatic rings. The second-order valence-corrected chi connectivity index (χ2v) is 8.74. The molecule has 0 unspecified atom stereocenters. The van der Waals surface area contributed by atoms with E-state index in [-0.39, 0.29) is 5.97 Å². The van der Waals surface area contributed by atoms with Crippen molar-refractivity contribution < 1.29 is 14.3 Å². The van der Waals surface area contributed by atoms with Crippen molar-refractivity contribution in [3.05, 3.63) is 41.5 Å². The molecule has 1 N–H and O–H groups in total. The monoisotopic (exact) mass is 454 g/mol. The van der Waals surface area contributed by atoms with Gasteiger partial charge in [0.15, 0.2) is 0 Å². The molecular formula is C24H30N4O3S. The van der Waals surface area contributed by atoms with Gasteiger partial charge >= 0.3 is 5.97 Å². The molecule has 8 heteroatoms. The number of unbranched alkanes of at least 4 members (excludes halogenated alkanes) is 2. The van der Waals surface area contributed by atoms with Crippen LogP contribution in [0.5, 0.6) is 0 Å². The Labute approximate surface area is 192 Å². The van der Waals surface area contributed by atoms with Crippen LogP contribution >= 0.6 is 11.3 Å². The minimum atomic E-state index is -0.144. The van der Waals surface area contributed by atoms with E-state index >= 15 is 0 Å². The van der Waals surface area contributed by atoms with E-state index in [4.69, 9.17) is 19.4 Å². The van der Waals surface area contributed by atoms with Crippen LogP contribution in [0.3, 0.4) is 0 Å². The van der Waals surface area contributed by atoms with Crippen molar-refractivity contribution in [2.24, 2.45) is 0 Å². The van der Waals surface area contributed by atoms with Crippen molar-refractivity contribution >= 4 is 33.3 Å². The maximum absolute atomic E-state index is 11.3. The maximum Gasteiger partial charge on any atom is 0.305 e. The highest BCUT2D eigenvalue weighted by Gasteiger charge is 2.18. The van der Waals surface area contributed by atoms with Crippen LogP contribution < -0.4 is 5.32 Å². The Kier molecular flexibility index (Phi) is 8.03. The SMILES string of the molecule is COC(=O)CCCCCNc1nc(CN2CCOCC2)nc2scc(-c3ccccc3)c12. The second kappa shape index (κ2) is 11.4. The third kappa shape index (κ3) is 5.82. The quantitative estimate of drug-likeness (QED) is 0.361. The lowest BCUT2D eigenvalue weighted by Crippen LogP contribution is -2.36. The predicted molar refractivity (Wildman–Crippen MR) is 128 cm³/mol. The molecule has 0 aliphatic carbocycles. The van der Waals surface area contributed by atoms with E-state index < -0.39 is 0 Å². The largest absolute Gasteiger partial charge is 0.469 e. The van der Waals surface area contributed by atoms with Crippen LogP contribution in [0.2, 0.25) is 0 Å². The zero-order chi connectivity index (χ0) is 22.2. The van der Waals surface area contributed by atoms with E-state index in [1.54, 1.807) is 11.3 Å².